The number of rotatable bonds is 6. The predicted molar refractivity (Wildman–Crippen MR) is 77.5 cm³/mol. The van der Waals surface area contributed by atoms with Crippen LogP contribution in [0.1, 0.15) is 45.4 Å². The van der Waals surface area contributed by atoms with Gasteiger partial charge in [-0.15, -0.1) is 11.5 Å². The third kappa shape index (κ3) is 4.85. The molecule has 0 aromatic carbocycles. The maximum atomic E-state index is 9.32. The molecule has 0 bridgehead atoms. The SMILES string of the molecule is CCCCCC[C@]1(C#C[Si](C)(C)C)C[C@H]1CO. The van der Waals surface area contributed by atoms with Gasteiger partial charge in [-0.1, -0.05) is 52.2 Å². The molecule has 1 rings (SSSR count). The monoisotopic (exact) mass is 252 g/mol. The molecule has 0 spiro atoms. The Bertz CT molecular complexity index is 294. The van der Waals surface area contributed by atoms with Crippen LogP contribution in [-0.4, -0.2) is 19.8 Å². The van der Waals surface area contributed by atoms with Crippen LogP contribution in [0, 0.1) is 22.8 Å². The number of hydrogen-bond acceptors (Lipinski definition) is 1. The van der Waals surface area contributed by atoms with Gasteiger partial charge in [0.1, 0.15) is 8.07 Å². The summed E-state index contributed by atoms with van der Waals surface area (Å²) < 4.78 is 0. The lowest BCUT2D eigenvalue weighted by atomic mass is 9.96. The normalized spacial score (nSPS) is 27.5. The van der Waals surface area contributed by atoms with Crippen LogP contribution in [0.2, 0.25) is 19.6 Å². The number of aliphatic hydroxyl groups excluding tert-OH is 1. The third-order valence-electron chi connectivity index (χ3n) is 3.62. The fraction of sp³-hybridized carbons (Fsp3) is 0.867. The molecule has 98 valence electrons. The molecule has 1 saturated carbocycles. The summed E-state index contributed by atoms with van der Waals surface area (Å²) >= 11 is 0. The van der Waals surface area contributed by atoms with E-state index in [4.69, 9.17) is 0 Å². The molecule has 0 heterocycles. The number of hydrogen-bond donors (Lipinski definition) is 1. The molecule has 1 nitrogen and oxygen atoms in total. The van der Waals surface area contributed by atoms with Crippen LogP contribution >= 0.6 is 0 Å². The van der Waals surface area contributed by atoms with Crippen LogP contribution in [0.15, 0.2) is 0 Å². The molecule has 1 aliphatic rings. The average molecular weight is 252 g/mol. The Kier molecular flexibility index (Phi) is 5.28. The van der Waals surface area contributed by atoms with E-state index in [1.165, 1.54) is 32.1 Å². The van der Waals surface area contributed by atoms with E-state index < -0.39 is 8.07 Å². The van der Waals surface area contributed by atoms with Gasteiger partial charge in [0.05, 0.1) is 0 Å². The summed E-state index contributed by atoms with van der Waals surface area (Å²) in [6.45, 7) is 9.45. The van der Waals surface area contributed by atoms with E-state index in [9.17, 15) is 5.11 Å². The summed E-state index contributed by atoms with van der Waals surface area (Å²) in [4.78, 5) is 0. The molecule has 0 amide bonds. The number of unbranched alkanes of at least 4 members (excludes halogenated alkanes) is 3. The molecule has 2 heteroatoms. The van der Waals surface area contributed by atoms with E-state index in [1.807, 2.05) is 0 Å². The van der Waals surface area contributed by atoms with Gasteiger partial charge in [0.2, 0.25) is 0 Å². The van der Waals surface area contributed by atoms with Crippen LogP contribution in [0.3, 0.4) is 0 Å². The summed E-state index contributed by atoms with van der Waals surface area (Å²) in [5, 5.41) is 9.32. The van der Waals surface area contributed by atoms with Gasteiger partial charge in [-0.05, 0) is 18.8 Å². The first-order valence-corrected chi connectivity index (χ1v) is 10.6. The maximum absolute atomic E-state index is 9.32. The molecule has 1 aliphatic carbocycles. The highest BCUT2D eigenvalue weighted by Crippen LogP contribution is 2.55. The lowest BCUT2D eigenvalue weighted by molar-refractivity contribution is 0.257. The molecule has 1 fully saturated rings. The van der Waals surface area contributed by atoms with Gasteiger partial charge in [-0.25, -0.2) is 0 Å². The molecule has 0 aliphatic heterocycles. The van der Waals surface area contributed by atoms with Crippen molar-refractivity contribution in [3.63, 3.8) is 0 Å². The zero-order valence-corrected chi connectivity index (χ0v) is 13.0. The van der Waals surface area contributed by atoms with Gasteiger partial charge in [0.25, 0.3) is 0 Å². The van der Waals surface area contributed by atoms with E-state index >= 15 is 0 Å². The van der Waals surface area contributed by atoms with Crippen LogP contribution in [-0.2, 0) is 0 Å². The maximum Gasteiger partial charge on any atom is 0.129 e. The molecule has 0 saturated heterocycles. The fourth-order valence-corrected chi connectivity index (χ4v) is 2.94. The summed E-state index contributed by atoms with van der Waals surface area (Å²) in [5.41, 5.74) is 3.70. The van der Waals surface area contributed by atoms with E-state index in [0.717, 1.165) is 6.42 Å². The highest BCUT2D eigenvalue weighted by atomic mass is 28.3. The van der Waals surface area contributed by atoms with Crippen molar-refractivity contribution < 1.29 is 5.11 Å². The van der Waals surface area contributed by atoms with E-state index in [2.05, 4.69) is 38.0 Å². The van der Waals surface area contributed by atoms with Gasteiger partial charge in [0, 0.05) is 12.0 Å². The summed E-state index contributed by atoms with van der Waals surface area (Å²) in [6, 6.07) is 0. The minimum atomic E-state index is -1.27. The predicted octanol–water partition coefficient (Wildman–Crippen LogP) is 3.84. The molecule has 1 N–H and O–H groups in total. The first-order valence-electron chi connectivity index (χ1n) is 7.09. The highest BCUT2D eigenvalue weighted by molar-refractivity contribution is 6.83. The topological polar surface area (TPSA) is 20.2 Å². The standard InChI is InChI=1S/C15H28OSi/c1-5-6-7-8-9-15(12-14(15)13-16)10-11-17(2,3)4/h14,16H,5-9,12-13H2,1-4H3/t14-,15-/m0/s1. The first kappa shape index (κ1) is 14.8. The first-order chi connectivity index (χ1) is 7.93. The minimum Gasteiger partial charge on any atom is -0.396 e. The molecule has 2 atom stereocenters. The van der Waals surface area contributed by atoms with E-state index in [0.29, 0.717) is 12.5 Å². The third-order valence-corrected chi connectivity index (χ3v) is 4.49. The van der Waals surface area contributed by atoms with Gasteiger partial charge in [-0.2, -0.15) is 0 Å². The van der Waals surface area contributed by atoms with Crippen molar-refractivity contribution in [2.75, 3.05) is 6.61 Å². The summed E-state index contributed by atoms with van der Waals surface area (Å²) in [6.07, 6.45) is 7.57. The molecule has 0 aromatic rings. The van der Waals surface area contributed by atoms with Gasteiger partial charge >= 0.3 is 0 Å². The molecule has 0 unspecified atom stereocenters. The average Bonchev–Trinajstić information content (AvgIpc) is 2.96. The highest BCUT2D eigenvalue weighted by Gasteiger charge is 2.51. The van der Waals surface area contributed by atoms with Crippen molar-refractivity contribution in [1.82, 2.24) is 0 Å². The molecule has 0 radical (unpaired) electrons. The Labute approximate surface area is 108 Å². The Morgan fingerprint density at radius 2 is 1.94 bits per heavy atom. The van der Waals surface area contributed by atoms with Gasteiger partial charge in [0.15, 0.2) is 0 Å². The van der Waals surface area contributed by atoms with Crippen molar-refractivity contribution in [2.24, 2.45) is 11.3 Å². The molecule has 0 aromatic heterocycles. The van der Waals surface area contributed by atoms with Crippen LogP contribution in [0.5, 0.6) is 0 Å². The van der Waals surface area contributed by atoms with E-state index in [-0.39, 0.29) is 5.41 Å². The largest absolute Gasteiger partial charge is 0.396 e. The van der Waals surface area contributed by atoms with Crippen LogP contribution < -0.4 is 0 Å². The van der Waals surface area contributed by atoms with Crippen molar-refractivity contribution in [2.45, 2.75) is 65.1 Å². The van der Waals surface area contributed by atoms with Crippen molar-refractivity contribution in [3.8, 4) is 11.5 Å². The summed E-state index contributed by atoms with van der Waals surface area (Å²) in [5.74, 6) is 4.01. The van der Waals surface area contributed by atoms with Gasteiger partial charge < -0.3 is 5.11 Å². The lowest BCUT2D eigenvalue weighted by Crippen LogP contribution is -2.17. The molecular formula is C15H28OSi. The smallest absolute Gasteiger partial charge is 0.129 e. The second-order valence-electron chi connectivity index (χ2n) is 6.55. The molecule has 17 heavy (non-hydrogen) atoms. The zero-order chi connectivity index (χ0) is 12.9. The number of aliphatic hydroxyl groups is 1. The fourth-order valence-electron chi connectivity index (χ4n) is 2.32. The second-order valence-corrected chi connectivity index (χ2v) is 11.3. The quantitative estimate of drug-likeness (QED) is 0.433. The van der Waals surface area contributed by atoms with Crippen LogP contribution in [0.25, 0.3) is 0 Å². The minimum absolute atomic E-state index is 0.197. The van der Waals surface area contributed by atoms with Crippen molar-refractivity contribution in [3.05, 3.63) is 0 Å². The summed E-state index contributed by atoms with van der Waals surface area (Å²) in [7, 11) is -1.27. The zero-order valence-electron chi connectivity index (χ0n) is 12.0. The van der Waals surface area contributed by atoms with E-state index in [1.54, 1.807) is 0 Å². The Morgan fingerprint density at radius 3 is 2.41 bits per heavy atom. The van der Waals surface area contributed by atoms with Crippen LogP contribution in [0.4, 0.5) is 0 Å². The Balaban J connectivity index is 2.50. The van der Waals surface area contributed by atoms with Crippen molar-refractivity contribution in [1.29, 1.82) is 0 Å². The van der Waals surface area contributed by atoms with Gasteiger partial charge in [-0.3, -0.25) is 0 Å². The lowest BCUT2D eigenvalue weighted by Gasteiger charge is -2.11. The Hall–Kier alpha value is -0.263. The molecular weight excluding hydrogens is 224 g/mol. The Morgan fingerprint density at radius 1 is 1.24 bits per heavy atom. The van der Waals surface area contributed by atoms with Crippen molar-refractivity contribution >= 4 is 8.07 Å². The second kappa shape index (κ2) is 6.07.